The summed E-state index contributed by atoms with van der Waals surface area (Å²) in [6, 6.07) is 13.1. The molecule has 1 aliphatic heterocycles. The van der Waals surface area contributed by atoms with Crippen LogP contribution in [-0.4, -0.2) is 34.1 Å². The van der Waals surface area contributed by atoms with E-state index in [1.807, 2.05) is 30.3 Å². The summed E-state index contributed by atoms with van der Waals surface area (Å²) in [5.41, 5.74) is 3.34. The number of ketones is 1. The molecule has 1 atom stereocenters. The lowest BCUT2D eigenvalue weighted by molar-refractivity contribution is 0.0812. The molecule has 0 spiro atoms. The molecule has 0 bridgehead atoms. The molecule has 1 saturated heterocycles. The quantitative estimate of drug-likeness (QED) is 0.663. The van der Waals surface area contributed by atoms with Gasteiger partial charge >= 0.3 is 0 Å². The molecule has 3 aromatic rings. The number of hydrogen-bond donors (Lipinski definition) is 0. The molecule has 1 aliphatic rings. The zero-order valence-electron chi connectivity index (χ0n) is 13.7. The van der Waals surface area contributed by atoms with Gasteiger partial charge in [-0.25, -0.2) is 4.63 Å². The predicted molar refractivity (Wildman–Crippen MR) is 95.6 cm³/mol. The molecule has 128 valence electrons. The first-order chi connectivity index (χ1) is 12.2. The van der Waals surface area contributed by atoms with Crippen LogP contribution in [0.5, 0.6) is 0 Å². The van der Waals surface area contributed by atoms with Crippen LogP contribution < -0.4 is 0 Å². The lowest BCUT2D eigenvalue weighted by Gasteiger charge is -2.32. The number of likely N-dealkylation sites (tertiary alicyclic amines) is 1. The number of aromatic nitrogens is 2. The lowest BCUT2D eigenvalue weighted by atomic mass is 9.90. The Bertz CT molecular complexity index is 908. The first-order valence-corrected chi connectivity index (χ1v) is 8.81. The number of hydrogen-bond acceptors (Lipinski definition) is 5. The largest absolute Gasteiger partial charge is 0.298 e. The van der Waals surface area contributed by atoms with Gasteiger partial charge in [-0.1, -0.05) is 35.9 Å². The van der Waals surface area contributed by atoms with Crippen molar-refractivity contribution in [3.05, 3.63) is 58.6 Å². The number of fused-ring (bicyclic) bond motifs is 1. The molecule has 0 N–H and O–H groups in total. The van der Waals surface area contributed by atoms with Crippen molar-refractivity contribution in [1.82, 2.24) is 15.2 Å². The van der Waals surface area contributed by atoms with E-state index in [2.05, 4.69) is 15.2 Å². The maximum Gasteiger partial charge on any atom is 0.167 e. The van der Waals surface area contributed by atoms with Gasteiger partial charge in [0.2, 0.25) is 0 Å². The topological polar surface area (TPSA) is 59.2 Å². The highest BCUT2D eigenvalue weighted by atomic mass is 35.5. The van der Waals surface area contributed by atoms with Gasteiger partial charge < -0.3 is 0 Å². The molecule has 1 fully saturated rings. The third-order valence-electron chi connectivity index (χ3n) is 4.75. The van der Waals surface area contributed by atoms with Crippen molar-refractivity contribution in [2.75, 3.05) is 13.1 Å². The molecule has 4 rings (SSSR count). The number of piperidine rings is 1. The van der Waals surface area contributed by atoms with Gasteiger partial charge in [0.15, 0.2) is 5.78 Å². The summed E-state index contributed by atoms with van der Waals surface area (Å²) in [5, 5.41) is 8.49. The van der Waals surface area contributed by atoms with Crippen molar-refractivity contribution in [2.24, 2.45) is 5.92 Å². The Morgan fingerprint density at radius 2 is 2.12 bits per heavy atom. The van der Waals surface area contributed by atoms with Crippen LogP contribution >= 0.6 is 11.6 Å². The number of benzene rings is 2. The summed E-state index contributed by atoms with van der Waals surface area (Å²) >= 11 is 6.02. The average molecular weight is 356 g/mol. The van der Waals surface area contributed by atoms with Gasteiger partial charge in [0.05, 0.1) is 0 Å². The Morgan fingerprint density at radius 3 is 3.00 bits per heavy atom. The van der Waals surface area contributed by atoms with Gasteiger partial charge in [0.1, 0.15) is 11.0 Å². The van der Waals surface area contributed by atoms with E-state index >= 15 is 0 Å². The minimum absolute atomic E-state index is 0.00172. The Hall–Kier alpha value is -2.24. The molecule has 1 aromatic heterocycles. The first-order valence-electron chi connectivity index (χ1n) is 8.43. The molecule has 0 unspecified atom stereocenters. The first kappa shape index (κ1) is 16.2. The normalized spacial score (nSPS) is 18.5. The van der Waals surface area contributed by atoms with E-state index in [0.29, 0.717) is 10.6 Å². The number of rotatable bonds is 4. The molecule has 6 heteroatoms. The van der Waals surface area contributed by atoms with E-state index in [-0.39, 0.29) is 11.7 Å². The van der Waals surface area contributed by atoms with Crippen LogP contribution in [0.1, 0.15) is 28.8 Å². The second-order valence-electron chi connectivity index (χ2n) is 6.50. The second-order valence-corrected chi connectivity index (χ2v) is 6.93. The van der Waals surface area contributed by atoms with E-state index in [1.165, 1.54) is 0 Å². The van der Waals surface area contributed by atoms with Crippen molar-refractivity contribution in [1.29, 1.82) is 0 Å². The number of Topliss-reactive ketones (excluding diaryl/α,β-unsaturated/α-hetero) is 1. The molecular formula is C19H18ClN3O2. The molecule has 5 nitrogen and oxygen atoms in total. The molecule has 0 saturated carbocycles. The van der Waals surface area contributed by atoms with Crippen molar-refractivity contribution < 1.29 is 9.42 Å². The van der Waals surface area contributed by atoms with Gasteiger partial charge in [-0.15, -0.1) is 0 Å². The number of nitrogens with zero attached hydrogens (tertiary/aromatic N) is 3. The van der Waals surface area contributed by atoms with Crippen molar-refractivity contribution in [3.63, 3.8) is 0 Å². The van der Waals surface area contributed by atoms with Crippen LogP contribution in [-0.2, 0) is 6.54 Å². The SMILES string of the molecule is O=C(c1cccc(Cl)c1)[C@@H]1CCCN(Cc2cccc3nonc23)C1. The Kier molecular flexibility index (Phi) is 4.51. The van der Waals surface area contributed by atoms with Crippen LogP contribution in [0.4, 0.5) is 0 Å². The maximum absolute atomic E-state index is 12.8. The van der Waals surface area contributed by atoms with E-state index in [9.17, 15) is 4.79 Å². The van der Waals surface area contributed by atoms with E-state index in [0.717, 1.165) is 49.1 Å². The van der Waals surface area contributed by atoms with E-state index in [4.69, 9.17) is 16.2 Å². The van der Waals surface area contributed by atoms with Crippen LogP contribution in [0.25, 0.3) is 11.0 Å². The van der Waals surface area contributed by atoms with Crippen LogP contribution in [0.2, 0.25) is 5.02 Å². The predicted octanol–water partition coefficient (Wildman–Crippen LogP) is 3.97. The third-order valence-corrected chi connectivity index (χ3v) is 4.98. The van der Waals surface area contributed by atoms with Crippen LogP contribution in [0, 0.1) is 5.92 Å². The van der Waals surface area contributed by atoms with Gasteiger partial charge in [-0.2, -0.15) is 0 Å². The van der Waals surface area contributed by atoms with Crippen molar-refractivity contribution in [3.8, 4) is 0 Å². The minimum atomic E-state index is 0.00172. The van der Waals surface area contributed by atoms with Crippen molar-refractivity contribution in [2.45, 2.75) is 19.4 Å². The summed E-state index contributed by atoms with van der Waals surface area (Å²) < 4.78 is 4.84. The molecule has 0 radical (unpaired) electrons. The number of carbonyl (C=O) groups is 1. The Morgan fingerprint density at radius 1 is 1.24 bits per heavy atom. The van der Waals surface area contributed by atoms with Gasteiger partial charge in [0, 0.05) is 29.6 Å². The smallest absolute Gasteiger partial charge is 0.167 e. The van der Waals surface area contributed by atoms with E-state index in [1.54, 1.807) is 12.1 Å². The molecule has 2 aromatic carbocycles. The molecule has 0 aliphatic carbocycles. The molecular weight excluding hydrogens is 338 g/mol. The van der Waals surface area contributed by atoms with Gasteiger partial charge in [0.25, 0.3) is 0 Å². The lowest BCUT2D eigenvalue weighted by Crippen LogP contribution is -2.38. The fourth-order valence-electron chi connectivity index (χ4n) is 3.52. The van der Waals surface area contributed by atoms with Gasteiger partial charge in [-0.05, 0) is 53.5 Å². The highest BCUT2D eigenvalue weighted by molar-refractivity contribution is 6.31. The maximum atomic E-state index is 12.8. The number of halogens is 1. The summed E-state index contributed by atoms with van der Waals surface area (Å²) in [6.07, 6.45) is 1.92. The fourth-order valence-corrected chi connectivity index (χ4v) is 3.71. The second kappa shape index (κ2) is 6.94. The molecule has 25 heavy (non-hydrogen) atoms. The third kappa shape index (κ3) is 3.43. The van der Waals surface area contributed by atoms with Gasteiger partial charge in [-0.3, -0.25) is 9.69 Å². The minimum Gasteiger partial charge on any atom is -0.298 e. The molecule has 0 amide bonds. The molecule has 2 heterocycles. The van der Waals surface area contributed by atoms with E-state index < -0.39 is 0 Å². The average Bonchev–Trinajstić information content (AvgIpc) is 3.11. The number of carbonyl (C=O) groups excluding carboxylic acids is 1. The standard InChI is InChI=1S/C19H18ClN3O2/c20-16-7-1-4-13(10-16)19(24)15-6-3-9-23(12-15)11-14-5-2-8-17-18(14)22-25-21-17/h1-2,4-5,7-8,10,15H,3,6,9,11-12H2/t15-/m1/s1. The van der Waals surface area contributed by atoms with Crippen molar-refractivity contribution >= 4 is 28.4 Å². The summed E-state index contributed by atoms with van der Waals surface area (Å²) in [4.78, 5) is 15.1. The van der Waals surface area contributed by atoms with Crippen LogP contribution in [0.3, 0.4) is 0 Å². The monoisotopic (exact) mass is 355 g/mol. The highest BCUT2D eigenvalue weighted by Gasteiger charge is 2.27. The summed E-state index contributed by atoms with van der Waals surface area (Å²) in [7, 11) is 0. The summed E-state index contributed by atoms with van der Waals surface area (Å²) in [6.45, 7) is 2.46. The fraction of sp³-hybridized carbons (Fsp3) is 0.316. The Balaban J connectivity index is 1.49. The highest BCUT2D eigenvalue weighted by Crippen LogP contribution is 2.25. The Labute approximate surface area is 150 Å². The zero-order valence-corrected chi connectivity index (χ0v) is 14.4. The summed E-state index contributed by atoms with van der Waals surface area (Å²) in [5.74, 6) is 0.176. The zero-order chi connectivity index (χ0) is 17.2. The van der Waals surface area contributed by atoms with Crippen LogP contribution in [0.15, 0.2) is 47.1 Å².